The number of aldehydes is 4. The number of carbonyl (C=O) groups is 12. The third-order valence-corrected chi connectivity index (χ3v) is 22.2. The summed E-state index contributed by atoms with van der Waals surface area (Å²) < 4.78 is 93.9. The Morgan fingerprint density at radius 1 is 0.378 bits per heavy atom. The summed E-state index contributed by atoms with van der Waals surface area (Å²) in [4.78, 5) is 132. The number of rotatable bonds is 44. The van der Waals surface area contributed by atoms with E-state index in [4.69, 9.17) is 46.4 Å². The minimum Gasteiger partial charge on any atom is -0.481 e. The van der Waals surface area contributed by atoms with Crippen molar-refractivity contribution in [1.82, 2.24) is 10.6 Å². The molecule has 0 fully saturated rings. The molecule has 2 aromatic carbocycles. The van der Waals surface area contributed by atoms with Crippen molar-refractivity contribution < 1.29 is 122 Å². The molecule has 30 nitrogen and oxygen atoms in total. The maximum atomic E-state index is 13.1. The highest BCUT2D eigenvalue weighted by atomic mass is 31.2. The summed E-state index contributed by atoms with van der Waals surface area (Å²) >= 11 is 0. The first-order chi connectivity index (χ1) is 42.5. The van der Waals surface area contributed by atoms with Crippen LogP contribution in [0.3, 0.4) is 0 Å². The van der Waals surface area contributed by atoms with Gasteiger partial charge in [-0.2, -0.15) is 0 Å². The van der Waals surface area contributed by atoms with Gasteiger partial charge in [-0.3, -0.25) is 47.0 Å². The number of Topliss-reactive ketones (excluding diaryl/α,β-unsaturated/α-hetero) is 2. The third-order valence-electron chi connectivity index (χ3n) is 10.9. The first kappa shape index (κ1) is 85.9. The number of aliphatic carboxylic acids is 2. The van der Waals surface area contributed by atoms with Gasteiger partial charge in [-0.15, -0.1) is 0 Å². The molecule has 508 valence electrons. The molecular formula is C56H88N4O26P4. The Morgan fingerprint density at radius 2 is 0.600 bits per heavy atom. The Balaban J connectivity index is 0. The number of anilines is 2. The molecule has 0 aliphatic rings. The number of nitrogens with one attached hydrogen (secondary N) is 4. The zero-order valence-electron chi connectivity index (χ0n) is 52.4. The highest BCUT2D eigenvalue weighted by Crippen LogP contribution is 2.70. The van der Waals surface area contributed by atoms with Crippen molar-refractivity contribution in [3.05, 3.63) is 59.7 Å². The molecule has 0 aliphatic heterocycles. The van der Waals surface area contributed by atoms with Crippen molar-refractivity contribution in [2.75, 3.05) is 63.5 Å². The lowest BCUT2D eigenvalue weighted by Crippen LogP contribution is -2.37. The second-order valence-corrected chi connectivity index (χ2v) is 27.6. The Bertz CT molecular complexity index is 2480. The monoisotopic (exact) mass is 1360 g/mol. The molecule has 0 atom stereocenters. The van der Waals surface area contributed by atoms with Gasteiger partial charge in [0, 0.05) is 49.9 Å². The summed E-state index contributed by atoms with van der Waals surface area (Å²) in [5.74, 6) is -5.70. The molecule has 4 amide bonds. The summed E-state index contributed by atoms with van der Waals surface area (Å²) in [6.45, 7) is 15.3. The van der Waals surface area contributed by atoms with Crippen LogP contribution in [-0.4, -0.2) is 146 Å². The van der Waals surface area contributed by atoms with Crippen LogP contribution in [0.2, 0.25) is 0 Å². The van der Waals surface area contributed by atoms with Crippen LogP contribution in [-0.2, 0) is 125 Å². The first-order valence-electron chi connectivity index (χ1n) is 28.6. The van der Waals surface area contributed by atoms with Crippen LogP contribution in [0.4, 0.5) is 11.4 Å². The van der Waals surface area contributed by atoms with Crippen molar-refractivity contribution >= 4 is 114 Å². The van der Waals surface area contributed by atoms with Gasteiger partial charge in [0.25, 0.3) is 0 Å². The van der Waals surface area contributed by atoms with Gasteiger partial charge in [0.2, 0.25) is 34.7 Å². The number of ketones is 2. The fourth-order valence-corrected chi connectivity index (χ4v) is 16.9. The summed E-state index contributed by atoms with van der Waals surface area (Å²) in [6.07, 6.45) is 2.17. The smallest absolute Gasteiger partial charge is 0.365 e. The van der Waals surface area contributed by atoms with E-state index >= 15 is 0 Å². The Hall–Kier alpha value is -6.12. The molecule has 6 N–H and O–H groups in total. The van der Waals surface area contributed by atoms with Gasteiger partial charge < -0.3 is 96.4 Å². The third kappa shape index (κ3) is 36.1. The van der Waals surface area contributed by atoms with Crippen molar-refractivity contribution in [2.45, 2.75) is 144 Å². The summed E-state index contributed by atoms with van der Waals surface area (Å²) in [5.41, 5.74) is -0.497. The predicted octanol–water partition coefficient (Wildman–Crippen LogP) is 8.67. The second kappa shape index (κ2) is 47.7. The van der Waals surface area contributed by atoms with E-state index in [1.54, 1.807) is 104 Å². The van der Waals surface area contributed by atoms with Gasteiger partial charge in [-0.25, -0.2) is 0 Å². The lowest BCUT2D eigenvalue weighted by atomic mass is 10.0. The van der Waals surface area contributed by atoms with E-state index in [-0.39, 0.29) is 115 Å². The fourth-order valence-electron chi connectivity index (χ4n) is 6.96. The molecule has 2 rings (SSSR count). The Labute approximate surface area is 524 Å². The van der Waals surface area contributed by atoms with E-state index < -0.39 is 89.9 Å². The van der Waals surface area contributed by atoms with Crippen molar-refractivity contribution in [2.24, 2.45) is 11.8 Å². The second-order valence-electron chi connectivity index (χ2n) is 18.3. The molecule has 0 unspecified atom stereocenters. The van der Waals surface area contributed by atoms with Crippen molar-refractivity contribution in [3.8, 4) is 0 Å². The number of carboxylic acids is 2. The molecule has 2 aromatic rings. The van der Waals surface area contributed by atoms with Gasteiger partial charge in [-0.1, -0.05) is 24.3 Å². The Morgan fingerprint density at radius 3 is 0.811 bits per heavy atom. The average Bonchev–Trinajstić information content (AvgIpc) is 0.996. The lowest BCUT2D eigenvalue weighted by molar-refractivity contribution is -0.139. The van der Waals surface area contributed by atoms with Gasteiger partial charge >= 0.3 is 42.3 Å². The normalized spacial score (nSPS) is 11.4. The van der Waals surface area contributed by atoms with Crippen LogP contribution >= 0.6 is 30.4 Å². The molecule has 0 saturated carbocycles. The van der Waals surface area contributed by atoms with Crippen LogP contribution in [0.25, 0.3) is 0 Å². The topological polar surface area (TPSA) is 436 Å². The first-order valence-corrected chi connectivity index (χ1v) is 35.1. The quantitative estimate of drug-likeness (QED) is 0.0205. The summed E-state index contributed by atoms with van der Waals surface area (Å²) in [5, 5.41) is 27.0. The van der Waals surface area contributed by atoms with Gasteiger partial charge in [0.15, 0.2) is 0 Å². The highest BCUT2D eigenvalue weighted by Gasteiger charge is 2.53. The minimum absolute atomic E-state index is 0.000301. The van der Waals surface area contributed by atoms with E-state index in [2.05, 4.69) is 21.3 Å². The molecule has 0 aromatic heterocycles. The van der Waals surface area contributed by atoms with E-state index in [9.17, 15) is 75.8 Å². The van der Waals surface area contributed by atoms with Crippen molar-refractivity contribution in [3.63, 3.8) is 0 Å². The fraction of sp³-hybridized carbons (Fsp3) is 0.571. The number of carboxylic acid groups (broad SMARTS) is 2. The molecule has 0 bridgehead atoms. The zero-order chi connectivity index (χ0) is 68.9. The van der Waals surface area contributed by atoms with E-state index in [0.717, 1.165) is 11.1 Å². The maximum absolute atomic E-state index is 13.1. The molecule has 0 aliphatic carbocycles. The average molecular weight is 1360 g/mol. The maximum Gasteiger partial charge on any atom is 0.365 e. The molecule has 34 heteroatoms. The zero-order valence-corrected chi connectivity index (χ0v) is 56.0. The molecule has 0 radical (unpaired) electrons. The summed E-state index contributed by atoms with van der Waals surface area (Å²) in [6, 6.07) is 13.6. The van der Waals surface area contributed by atoms with Crippen LogP contribution in [0, 0.1) is 11.8 Å². The molecule has 0 spiro atoms. The van der Waals surface area contributed by atoms with Gasteiger partial charge in [0.1, 0.15) is 36.7 Å². The number of hydrogen-bond acceptors (Lipinski definition) is 24. The SMILES string of the molecule is CC(=O)CCC(=O)Nc1ccc(CC(C=O)C=O)cc1.CCOP(=O)(OCC)C(NC(=O)CCC(=O)O)P(=O)(OCC)OCC.CCOP(=O)(OCC)C(NC(=O)CCC(C)=O)P(=O)(OCC)OCC.O=CC(C=O)Cc1ccc(NC(=O)CCC(=O)O)cc1. The van der Waals surface area contributed by atoms with Crippen LogP contribution in [0.1, 0.15) is 132 Å². The standard InChI is InChI=1S/C15H17NO4.C14H29NO8P2.C14H15NO5.C13H27NO9P2/c1-11(19)2-7-15(20)16-14-5-3-12(4-6-14)8-13(9-17)10-18;1-6-20-24(18,21-7-2)14(15-13(17)11-10-12(5)16)25(19,22-8-3)23-9-4;16-8-11(9-17)7-10-1-3-12(4-2-10)15-13(18)5-6-14(19)20;1-5-20-24(18,21-6-2)13(14-11(15)9-10-12(16)17)25(19,22-7-3)23-8-4/h3-6,9-10,13H,2,7-8H2,1H3,(H,16,20);14H,6-11H2,1-5H3,(H,15,17);1-4,8-9,11H,5-7H2,(H,15,18)(H,19,20);13H,5-10H2,1-4H3,(H,14,15)(H,16,17). The Kier molecular flexibility index (Phi) is 45.6. The van der Waals surface area contributed by atoms with E-state index in [1.807, 2.05) is 0 Å². The number of hydrogen-bond donors (Lipinski definition) is 6. The van der Waals surface area contributed by atoms with Gasteiger partial charge in [0.05, 0.1) is 77.5 Å². The summed E-state index contributed by atoms with van der Waals surface area (Å²) in [7, 11) is -16.3. The van der Waals surface area contributed by atoms with Crippen molar-refractivity contribution in [1.29, 1.82) is 0 Å². The number of benzene rings is 2. The highest BCUT2D eigenvalue weighted by molar-refractivity contribution is 7.73. The lowest BCUT2D eigenvalue weighted by Gasteiger charge is -2.31. The number of carbonyl (C=O) groups excluding carboxylic acids is 10. The van der Waals surface area contributed by atoms with Gasteiger partial charge in [-0.05, 0) is 117 Å². The molecule has 90 heavy (non-hydrogen) atoms. The van der Waals surface area contributed by atoms with E-state index in [0.29, 0.717) is 49.4 Å². The minimum atomic E-state index is -4.10. The van der Waals surface area contributed by atoms with Crippen LogP contribution < -0.4 is 21.3 Å². The predicted molar refractivity (Wildman–Crippen MR) is 330 cm³/mol. The largest absolute Gasteiger partial charge is 0.481 e. The van der Waals surface area contributed by atoms with Crippen LogP contribution in [0.5, 0.6) is 0 Å². The molecule has 0 saturated heterocycles. The molecule has 0 heterocycles. The molecular weight excluding hydrogens is 1270 g/mol. The number of amides is 4. The van der Waals surface area contributed by atoms with Crippen LogP contribution in [0.15, 0.2) is 48.5 Å². The van der Waals surface area contributed by atoms with E-state index in [1.165, 1.54) is 13.8 Å².